The Balaban J connectivity index is 2.14. The molecule has 0 spiro atoms. The summed E-state index contributed by atoms with van der Waals surface area (Å²) in [5.41, 5.74) is 0. The standard InChI is InChI=1S/C17H18P/c1-3-9-15(10-4-1)18(17-13-7-8-14-17)16-11-5-2-6-12-16/h1-6,9-12H,7-8,13-14H2/q+1. The van der Waals surface area contributed by atoms with Crippen molar-refractivity contribution in [1.29, 1.82) is 0 Å². The first kappa shape index (κ1) is 11.7. The molecule has 1 saturated carbocycles. The zero-order valence-corrected chi connectivity index (χ0v) is 11.4. The summed E-state index contributed by atoms with van der Waals surface area (Å²) in [5.74, 6) is 0. The smallest absolute Gasteiger partial charge is 0.0619 e. The molecule has 0 atom stereocenters. The van der Waals surface area contributed by atoms with Gasteiger partial charge in [0.15, 0.2) is 18.2 Å². The van der Waals surface area contributed by atoms with Gasteiger partial charge >= 0.3 is 0 Å². The van der Waals surface area contributed by atoms with Crippen LogP contribution in [0.4, 0.5) is 0 Å². The Kier molecular flexibility index (Phi) is 3.57. The molecule has 1 fully saturated rings. The number of rotatable bonds is 2. The maximum Gasteiger partial charge on any atom is 0.168 e. The molecule has 0 N–H and O–H groups in total. The summed E-state index contributed by atoms with van der Waals surface area (Å²) < 4.78 is 0. The molecule has 1 heteroatoms. The van der Waals surface area contributed by atoms with E-state index in [1.807, 2.05) is 0 Å². The first-order valence-corrected chi connectivity index (χ1v) is 8.04. The average molecular weight is 253 g/mol. The van der Waals surface area contributed by atoms with Gasteiger partial charge in [-0.25, -0.2) is 0 Å². The summed E-state index contributed by atoms with van der Waals surface area (Å²) in [7, 11) is -0.235. The Labute approximate surface area is 110 Å². The molecule has 0 amide bonds. The third-order valence-corrected chi connectivity index (χ3v) is 6.23. The Morgan fingerprint density at radius 2 is 1.06 bits per heavy atom. The van der Waals surface area contributed by atoms with E-state index in [9.17, 15) is 0 Å². The van der Waals surface area contributed by atoms with Gasteiger partial charge in [-0.15, -0.1) is 0 Å². The molecule has 0 aliphatic heterocycles. The predicted octanol–water partition coefficient (Wildman–Crippen LogP) is 3.87. The molecule has 1 aliphatic rings. The second-order valence-electron chi connectivity index (χ2n) is 4.78. The van der Waals surface area contributed by atoms with Crippen LogP contribution in [0.1, 0.15) is 25.7 Å². The van der Waals surface area contributed by atoms with Crippen molar-refractivity contribution in [3.8, 4) is 0 Å². The summed E-state index contributed by atoms with van der Waals surface area (Å²) in [6.07, 6.45) is 5.42. The van der Waals surface area contributed by atoms with Crippen molar-refractivity contribution in [3.63, 3.8) is 0 Å². The highest BCUT2D eigenvalue weighted by molar-refractivity contribution is 7.73. The van der Waals surface area contributed by atoms with E-state index in [-0.39, 0.29) is 7.55 Å². The van der Waals surface area contributed by atoms with Crippen LogP contribution < -0.4 is 10.6 Å². The predicted molar refractivity (Wildman–Crippen MR) is 82.5 cm³/mol. The normalized spacial score (nSPS) is 14.8. The van der Waals surface area contributed by atoms with Crippen LogP contribution >= 0.6 is 7.55 Å². The minimum absolute atomic E-state index is 0.235. The molecular formula is C17H18P+. The molecule has 0 heterocycles. The van der Waals surface area contributed by atoms with E-state index < -0.39 is 0 Å². The Hall–Kier alpha value is -1.39. The molecule has 3 rings (SSSR count). The molecule has 0 unspecified atom stereocenters. The summed E-state index contributed by atoms with van der Waals surface area (Å²) in [6, 6.07) is 22.1. The van der Waals surface area contributed by atoms with E-state index in [4.69, 9.17) is 0 Å². The molecule has 2 aromatic carbocycles. The molecule has 1 aliphatic carbocycles. The minimum Gasteiger partial charge on any atom is -0.0619 e. The lowest BCUT2D eigenvalue weighted by Crippen LogP contribution is -2.11. The molecular weight excluding hydrogens is 235 g/mol. The van der Waals surface area contributed by atoms with Crippen molar-refractivity contribution < 1.29 is 0 Å². The van der Waals surface area contributed by atoms with E-state index in [0.29, 0.717) is 0 Å². The van der Waals surface area contributed by atoms with Gasteiger partial charge in [-0.05, 0) is 37.1 Å². The lowest BCUT2D eigenvalue weighted by atomic mass is 10.4. The van der Waals surface area contributed by atoms with Gasteiger partial charge in [0.05, 0.1) is 0 Å². The third-order valence-electron chi connectivity index (χ3n) is 3.53. The monoisotopic (exact) mass is 253 g/mol. The van der Waals surface area contributed by atoms with Crippen LogP contribution in [0.2, 0.25) is 0 Å². The average Bonchev–Trinajstić information content (AvgIpc) is 2.95. The Morgan fingerprint density at radius 1 is 0.611 bits per heavy atom. The van der Waals surface area contributed by atoms with Gasteiger partial charge in [-0.2, -0.15) is 0 Å². The fraction of sp³-hybridized carbons (Fsp3) is 0.235. The molecule has 0 radical (unpaired) electrons. The lowest BCUT2D eigenvalue weighted by Gasteiger charge is -2.00. The van der Waals surface area contributed by atoms with Crippen molar-refractivity contribution in [1.82, 2.24) is 0 Å². The van der Waals surface area contributed by atoms with Gasteiger partial charge in [0.2, 0.25) is 0 Å². The van der Waals surface area contributed by atoms with E-state index in [1.165, 1.54) is 36.3 Å². The lowest BCUT2D eigenvalue weighted by molar-refractivity contribution is 0.886. The summed E-state index contributed by atoms with van der Waals surface area (Å²) in [4.78, 5) is 0. The van der Waals surface area contributed by atoms with Crippen molar-refractivity contribution >= 4 is 23.4 Å². The molecule has 0 saturated heterocycles. The second kappa shape index (κ2) is 5.50. The third kappa shape index (κ3) is 2.40. The summed E-state index contributed by atoms with van der Waals surface area (Å²) >= 11 is 0. The Morgan fingerprint density at radius 3 is 1.50 bits per heavy atom. The molecule has 2 aromatic rings. The first-order chi connectivity index (χ1) is 8.95. The van der Waals surface area contributed by atoms with E-state index >= 15 is 0 Å². The van der Waals surface area contributed by atoms with E-state index in [0.717, 1.165) is 0 Å². The summed E-state index contributed by atoms with van der Waals surface area (Å²) in [5, 5.41) is 4.80. The van der Waals surface area contributed by atoms with Gasteiger partial charge in [0.1, 0.15) is 5.29 Å². The van der Waals surface area contributed by atoms with Crippen LogP contribution in [0.25, 0.3) is 0 Å². The van der Waals surface area contributed by atoms with Crippen molar-refractivity contribution in [3.05, 3.63) is 60.7 Å². The highest BCUT2D eigenvalue weighted by Crippen LogP contribution is 2.31. The van der Waals surface area contributed by atoms with Gasteiger partial charge in [-0.3, -0.25) is 0 Å². The van der Waals surface area contributed by atoms with Crippen molar-refractivity contribution in [2.45, 2.75) is 25.7 Å². The highest BCUT2D eigenvalue weighted by Gasteiger charge is 2.26. The number of hydrogen-bond acceptors (Lipinski definition) is 0. The van der Waals surface area contributed by atoms with Gasteiger partial charge in [-0.1, -0.05) is 36.4 Å². The second-order valence-corrected chi connectivity index (χ2v) is 7.12. The van der Waals surface area contributed by atoms with E-state index in [2.05, 4.69) is 60.7 Å². The molecule has 0 bridgehead atoms. The topological polar surface area (TPSA) is 0 Å². The van der Waals surface area contributed by atoms with Crippen molar-refractivity contribution in [2.24, 2.45) is 0 Å². The van der Waals surface area contributed by atoms with Crippen LogP contribution in [0.5, 0.6) is 0 Å². The quantitative estimate of drug-likeness (QED) is 0.713. The largest absolute Gasteiger partial charge is 0.168 e. The molecule has 0 nitrogen and oxygen atoms in total. The Bertz CT molecular complexity index is 491. The number of benzene rings is 2. The minimum atomic E-state index is -0.235. The first-order valence-electron chi connectivity index (χ1n) is 6.70. The fourth-order valence-electron chi connectivity index (χ4n) is 2.68. The fourth-order valence-corrected chi connectivity index (χ4v) is 5.41. The zero-order valence-electron chi connectivity index (χ0n) is 10.5. The molecule has 0 aromatic heterocycles. The van der Waals surface area contributed by atoms with Gasteiger partial charge in [0.25, 0.3) is 0 Å². The molecule has 90 valence electrons. The molecule has 18 heavy (non-hydrogen) atoms. The maximum absolute atomic E-state index is 2.30. The zero-order chi connectivity index (χ0) is 12.2. The van der Waals surface area contributed by atoms with Crippen LogP contribution in [0.15, 0.2) is 60.7 Å². The van der Waals surface area contributed by atoms with Crippen LogP contribution in [-0.2, 0) is 0 Å². The summed E-state index contributed by atoms with van der Waals surface area (Å²) in [6.45, 7) is 0. The highest BCUT2D eigenvalue weighted by atomic mass is 31.1. The number of hydrogen-bond donors (Lipinski definition) is 0. The van der Waals surface area contributed by atoms with Gasteiger partial charge in [0, 0.05) is 12.8 Å². The SMILES string of the molecule is c1ccc([P+](=C2CCCC2)c2ccccc2)cc1. The van der Waals surface area contributed by atoms with E-state index in [1.54, 1.807) is 5.29 Å². The van der Waals surface area contributed by atoms with Crippen LogP contribution in [0, 0.1) is 0 Å². The van der Waals surface area contributed by atoms with Crippen LogP contribution in [-0.4, -0.2) is 5.29 Å². The van der Waals surface area contributed by atoms with Gasteiger partial charge < -0.3 is 0 Å². The van der Waals surface area contributed by atoms with Crippen LogP contribution in [0.3, 0.4) is 0 Å². The maximum atomic E-state index is 2.30. The van der Waals surface area contributed by atoms with Crippen molar-refractivity contribution in [2.75, 3.05) is 0 Å².